The van der Waals surface area contributed by atoms with Crippen LogP contribution in [0.3, 0.4) is 0 Å². The van der Waals surface area contributed by atoms with E-state index < -0.39 is 5.92 Å². The molecule has 2 aromatic carbocycles. The number of nitrogens with one attached hydrogen (secondary N) is 1. The number of nitrogens with zero attached hydrogens (tertiary/aromatic N) is 1. The predicted molar refractivity (Wildman–Crippen MR) is 105 cm³/mol. The summed E-state index contributed by atoms with van der Waals surface area (Å²) in [6, 6.07) is 14.5. The van der Waals surface area contributed by atoms with Gasteiger partial charge in [0.15, 0.2) is 5.78 Å². The number of anilines is 1. The lowest BCUT2D eigenvalue weighted by molar-refractivity contribution is -0.126. The molecule has 0 saturated carbocycles. The maximum absolute atomic E-state index is 12.4. The van der Waals surface area contributed by atoms with Crippen LogP contribution in [-0.4, -0.2) is 30.7 Å². The monoisotopic (exact) mass is 384 g/mol. The molecule has 140 valence electrons. The Morgan fingerprint density at radius 3 is 2.70 bits per heavy atom. The molecule has 1 fully saturated rings. The molecule has 0 aromatic heterocycles. The van der Waals surface area contributed by atoms with Crippen LogP contribution in [0.15, 0.2) is 48.5 Å². The van der Waals surface area contributed by atoms with Gasteiger partial charge in [-0.2, -0.15) is 0 Å². The number of amides is 2. The van der Waals surface area contributed by atoms with Crippen LogP contribution in [0.5, 0.6) is 0 Å². The van der Waals surface area contributed by atoms with E-state index in [4.69, 9.17) is 11.6 Å². The Morgan fingerprint density at radius 1 is 1.19 bits per heavy atom. The van der Waals surface area contributed by atoms with Gasteiger partial charge in [-0.05, 0) is 43.2 Å². The molecule has 1 atom stereocenters. The summed E-state index contributed by atoms with van der Waals surface area (Å²) in [6.45, 7) is 2.30. The minimum Gasteiger partial charge on any atom is -0.355 e. The molecule has 1 aliphatic heterocycles. The Kier molecular flexibility index (Phi) is 5.91. The van der Waals surface area contributed by atoms with Crippen LogP contribution >= 0.6 is 11.6 Å². The van der Waals surface area contributed by atoms with Gasteiger partial charge in [-0.1, -0.05) is 35.9 Å². The van der Waals surface area contributed by atoms with Crippen molar-refractivity contribution in [3.8, 4) is 0 Å². The fourth-order valence-electron chi connectivity index (χ4n) is 3.19. The van der Waals surface area contributed by atoms with Gasteiger partial charge in [-0.15, -0.1) is 0 Å². The van der Waals surface area contributed by atoms with Gasteiger partial charge >= 0.3 is 0 Å². The van der Waals surface area contributed by atoms with E-state index >= 15 is 0 Å². The predicted octanol–water partition coefficient (Wildman–Crippen LogP) is 3.25. The van der Waals surface area contributed by atoms with Crippen LogP contribution in [0.25, 0.3) is 0 Å². The molecular weight excluding hydrogens is 364 g/mol. The van der Waals surface area contributed by atoms with E-state index in [-0.39, 0.29) is 24.0 Å². The number of hydrogen-bond acceptors (Lipinski definition) is 3. The van der Waals surface area contributed by atoms with E-state index in [1.54, 1.807) is 29.2 Å². The number of halogens is 1. The number of rotatable bonds is 6. The highest BCUT2D eigenvalue weighted by Crippen LogP contribution is 2.26. The Morgan fingerprint density at radius 2 is 1.96 bits per heavy atom. The molecule has 0 bridgehead atoms. The standard InChI is InChI=1S/C21H21ClN2O3/c1-14(25)16-5-3-7-19(11-16)24-13-17(12-20(24)26)21(27)23-9-8-15-4-2-6-18(22)10-15/h2-7,10-11,17H,8-9,12-13H2,1H3,(H,23,27). The van der Waals surface area contributed by atoms with Gasteiger partial charge in [0.05, 0.1) is 5.92 Å². The highest BCUT2D eigenvalue weighted by molar-refractivity contribution is 6.30. The van der Waals surface area contributed by atoms with Gasteiger partial charge < -0.3 is 10.2 Å². The molecule has 0 radical (unpaired) electrons. The fourth-order valence-corrected chi connectivity index (χ4v) is 3.41. The van der Waals surface area contributed by atoms with Crippen LogP contribution in [0.1, 0.15) is 29.3 Å². The van der Waals surface area contributed by atoms with Crippen molar-refractivity contribution < 1.29 is 14.4 Å². The normalized spacial score (nSPS) is 16.4. The van der Waals surface area contributed by atoms with E-state index in [1.807, 2.05) is 24.3 Å². The molecule has 3 rings (SSSR count). The van der Waals surface area contributed by atoms with Crippen LogP contribution in [0, 0.1) is 5.92 Å². The van der Waals surface area contributed by atoms with Gasteiger partial charge in [0.25, 0.3) is 0 Å². The zero-order valence-electron chi connectivity index (χ0n) is 15.1. The molecule has 2 amide bonds. The molecule has 2 aromatic rings. The van der Waals surface area contributed by atoms with Crippen LogP contribution < -0.4 is 10.2 Å². The number of carbonyl (C=O) groups is 3. The fraction of sp³-hybridized carbons (Fsp3) is 0.286. The number of benzene rings is 2. The topological polar surface area (TPSA) is 66.5 Å². The summed E-state index contributed by atoms with van der Waals surface area (Å²) in [7, 11) is 0. The van der Waals surface area contributed by atoms with Gasteiger partial charge in [-0.25, -0.2) is 0 Å². The van der Waals surface area contributed by atoms with Crippen molar-refractivity contribution in [2.24, 2.45) is 5.92 Å². The average Bonchev–Trinajstić information content (AvgIpc) is 3.04. The highest BCUT2D eigenvalue weighted by Gasteiger charge is 2.35. The lowest BCUT2D eigenvalue weighted by Gasteiger charge is -2.17. The van der Waals surface area contributed by atoms with Gasteiger partial charge in [0.1, 0.15) is 0 Å². The van der Waals surface area contributed by atoms with Gasteiger partial charge in [-0.3, -0.25) is 14.4 Å². The van der Waals surface area contributed by atoms with Crippen molar-refractivity contribution in [3.05, 3.63) is 64.7 Å². The Balaban J connectivity index is 1.57. The maximum atomic E-state index is 12.4. The molecule has 27 heavy (non-hydrogen) atoms. The molecular formula is C21H21ClN2O3. The summed E-state index contributed by atoms with van der Waals surface area (Å²) in [6.07, 6.45) is 0.852. The lowest BCUT2D eigenvalue weighted by Crippen LogP contribution is -2.34. The summed E-state index contributed by atoms with van der Waals surface area (Å²) < 4.78 is 0. The summed E-state index contributed by atoms with van der Waals surface area (Å²) in [5.74, 6) is -0.682. The Hall–Kier alpha value is -2.66. The molecule has 1 saturated heterocycles. The van der Waals surface area contributed by atoms with Crippen LogP contribution in [-0.2, 0) is 16.0 Å². The molecule has 1 unspecified atom stereocenters. The van der Waals surface area contributed by atoms with Gasteiger partial charge in [0, 0.05) is 35.8 Å². The summed E-state index contributed by atoms with van der Waals surface area (Å²) in [5, 5.41) is 3.57. The molecule has 0 spiro atoms. The SMILES string of the molecule is CC(=O)c1cccc(N2CC(C(=O)NCCc3cccc(Cl)c3)CC2=O)c1. The van der Waals surface area contributed by atoms with Gasteiger partial charge in [0.2, 0.25) is 11.8 Å². The molecule has 5 nitrogen and oxygen atoms in total. The average molecular weight is 385 g/mol. The molecule has 1 N–H and O–H groups in total. The molecule has 1 heterocycles. The molecule has 0 aliphatic carbocycles. The number of hydrogen-bond donors (Lipinski definition) is 1. The third-order valence-electron chi connectivity index (χ3n) is 4.66. The Labute approximate surface area is 163 Å². The van der Waals surface area contributed by atoms with Crippen molar-refractivity contribution in [2.45, 2.75) is 19.8 Å². The zero-order chi connectivity index (χ0) is 19.4. The second-order valence-corrected chi connectivity index (χ2v) is 7.12. The minimum absolute atomic E-state index is 0.0567. The number of ketones is 1. The van der Waals surface area contributed by atoms with E-state index in [0.717, 1.165) is 5.56 Å². The molecule has 6 heteroatoms. The first-order valence-corrected chi connectivity index (χ1v) is 9.25. The lowest BCUT2D eigenvalue weighted by atomic mass is 10.1. The third kappa shape index (κ3) is 4.74. The van der Waals surface area contributed by atoms with E-state index in [2.05, 4.69) is 5.32 Å². The summed E-state index contributed by atoms with van der Waals surface area (Å²) in [4.78, 5) is 37.9. The Bertz CT molecular complexity index is 881. The van der Waals surface area contributed by atoms with Crippen molar-refractivity contribution >= 4 is 34.9 Å². The minimum atomic E-state index is -0.391. The van der Waals surface area contributed by atoms with E-state index in [0.29, 0.717) is 35.8 Å². The van der Waals surface area contributed by atoms with Crippen molar-refractivity contribution in [1.29, 1.82) is 0 Å². The van der Waals surface area contributed by atoms with Crippen molar-refractivity contribution in [3.63, 3.8) is 0 Å². The largest absolute Gasteiger partial charge is 0.355 e. The number of Topliss-reactive ketones (excluding diaryl/α,β-unsaturated/α-hetero) is 1. The summed E-state index contributed by atoms with van der Waals surface area (Å²) in [5.41, 5.74) is 2.25. The van der Waals surface area contributed by atoms with E-state index in [9.17, 15) is 14.4 Å². The van der Waals surface area contributed by atoms with E-state index in [1.165, 1.54) is 6.92 Å². The quantitative estimate of drug-likeness (QED) is 0.777. The number of carbonyl (C=O) groups excluding carboxylic acids is 3. The second kappa shape index (κ2) is 8.35. The summed E-state index contributed by atoms with van der Waals surface area (Å²) >= 11 is 5.96. The molecule has 1 aliphatic rings. The van der Waals surface area contributed by atoms with Crippen molar-refractivity contribution in [2.75, 3.05) is 18.0 Å². The van der Waals surface area contributed by atoms with Crippen LogP contribution in [0.2, 0.25) is 5.02 Å². The first-order chi connectivity index (χ1) is 12.9. The first-order valence-electron chi connectivity index (χ1n) is 8.87. The third-order valence-corrected chi connectivity index (χ3v) is 4.90. The highest BCUT2D eigenvalue weighted by atomic mass is 35.5. The second-order valence-electron chi connectivity index (χ2n) is 6.68. The smallest absolute Gasteiger partial charge is 0.227 e. The van der Waals surface area contributed by atoms with Crippen molar-refractivity contribution in [1.82, 2.24) is 5.32 Å². The maximum Gasteiger partial charge on any atom is 0.227 e. The van der Waals surface area contributed by atoms with Crippen LogP contribution in [0.4, 0.5) is 5.69 Å². The first kappa shape index (κ1) is 19.1. The zero-order valence-corrected chi connectivity index (χ0v) is 15.8.